The van der Waals surface area contributed by atoms with Crippen molar-refractivity contribution in [3.63, 3.8) is 0 Å². The SMILES string of the molecule is CC(=O)c1c2c(c3ccccc3c1O)OC(CC=O)C2. The second-order valence-electron chi connectivity index (χ2n) is 4.98. The van der Waals surface area contributed by atoms with Crippen LogP contribution in [0.3, 0.4) is 0 Å². The summed E-state index contributed by atoms with van der Waals surface area (Å²) < 4.78 is 5.81. The third-order valence-corrected chi connectivity index (χ3v) is 3.67. The minimum atomic E-state index is -0.259. The van der Waals surface area contributed by atoms with Gasteiger partial charge in [0.15, 0.2) is 5.78 Å². The Balaban J connectivity index is 2.30. The number of ether oxygens (including phenoxy) is 1. The van der Waals surface area contributed by atoms with E-state index < -0.39 is 0 Å². The molecule has 1 atom stereocenters. The molecule has 0 saturated heterocycles. The van der Waals surface area contributed by atoms with Crippen molar-refractivity contribution in [1.82, 2.24) is 0 Å². The molecular weight excluding hydrogens is 256 g/mol. The van der Waals surface area contributed by atoms with E-state index in [0.29, 0.717) is 28.7 Å². The van der Waals surface area contributed by atoms with Crippen LogP contribution in [0.5, 0.6) is 11.5 Å². The van der Waals surface area contributed by atoms with Crippen LogP contribution in [0.15, 0.2) is 24.3 Å². The Labute approximate surface area is 116 Å². The van der Waals surface area contributed by atoms with Crippen LogP contribution in [-0.2, 0) is 11.2 Å². The van der Waals surface area contributed by atoms with Gasteiger partial charge in [-0.2, -0.15) is 0 Å². The molecule has 3 rings (SSSR count). The summed E-state index contributed by atoms with van der Waals surface area (Å²) in [7, 11) is 0. The maximum Gasteiger partial charge on any atom is 0.163 e. The number of phenolic OH excluding ortho intramolecular Hbond substituents is 1. The molecule has 0 amide bonds. The fourth-order valence-electron chi connectivity index (χ4n) is 2.82. The first-order valence-electron chi connectivity index (χ1n) is 6.51. The molecule has 0 fully saturated rings. The van der Waals surface area contributed by atoms with Gasteiger partial charge in [-0.25, -0.2) is 0 Å². The van der Waals surface area contributed by atoms with Gasteiger partial charge in [-0.15, -0.1) is 0 Å². The summed E-state index contributed by atoms with van der Waals surface area (Å²) in [4.78, 5) is 22.5. The molecule has 4 nitrogen and oxygen atoms in total. The van der Waals surface area contributed by atoms with E-state index in [0.717, 1.165) is 11.7 Å². The average molecular weight is 270 g/mol. The molecule has 0 aromatic heterocycles. The molecule has 1 unspecified atom stereocenters. The van der Waals surface area contributed by atoms with Crippen LogP contribution in [-0.4, -0.2) is 23.3 Å². The van der Waals surface area contributed by atoms with Crippen molar-refractivity contribution in [2.75, 3.05) is 0 Å². The molecule has 2 aromatic carbocycles. The van der Waals surface area contributed by atoms with Crippen molar-refractivity contribution in [1.29, 1.82) is 0 Å². The number of carbonyl (C=O) groups excluding carboxylic acids is 2. The van der Waals surface area contributed by atoms with Crippen LogP contribution in [0.2, 0.25) is 0 Å². The molecule has 20 heavy (non-hydrogen) atoms. The third kappa shape index (κ3) is 1.76. The van der Waals surface area contributed by atoms with E-state index in [-0.39, 0.29) is 24.1 Å². The first kappa shape index (κ1) is 12.7. The molecule has 4 heteroatoms. The zero-order chi connectivity index (χ0) is 14.3. The minimum Gasteiger partial charge on any atom is -0.507 e. The molecule has 2 aromatic rings. The van der Waals surface area contributed by atoms with E-state index in [4.69, 9.17) is 4.74 Å². The molecule has 1 heterocycles. The Bertz CT molecular complexity index is 718. The van der Waals surface area contributed by atoms with Gasteiger partial charge >= 0.3 is 0 Å². The van der Waals surface area contributed by atoms with Crippen LogP contribution in [0.25, 0.3) is 10.8 Å². The molecule has 0 bridgehead atoms. The number of hydrogen-bond donors (Lipinski definition) is 1. The number of Topliss-reactive ketones (excluding diaryl/α,β-unsaturated/α-hetero) is 1. The highest BCUT2D eigenvalue weighted by Gasteiger charge is 2.31. The highest BCUT2D eigenvalue weighted by atomic mass is 16.5. The van der Waals surface area contributed by atoms with Gasteiger partial charge in [0.1, 0.15) is 23.9 Å². The average Bonchev–Trinajstić information content (AvgIpc) is 2.82. The number of hydrogen-bond acceptors (Lipinski definition) is 4. The summed E-state index contributed by atoms with van der Waals surface area (Å²) >= 11 is 0. The van der Waals surface area contributed by atoms with Crippen LogP contribution < -0.4 is 4.74 Å². The third-order valence-electron chi connectivity index (χ3n) is 3.67. The van der Waals surface area contributed by atoms with Crippen molar-refractivity contribution in [3.8, 4) is 11.5 Å². The number of carbonyl (C=O) groups is 2. The zero-order valence-corrected chi connectivity index (χ0v) is 11.1. The fraction of sp³-hybridized carbons (Fsp3) is 0.250. The van der Waals surface area contributed by atoms with E-state index in [9.17, 15) is 14.7 Å². The van der Waals surface area contributed by atoms with Gasteiger partial charge in [0.25, 0.3) is 0 Å². The first-order chi connectivity index (χ1) is 9.63. The van der Waals surface area contributed by atoms with Crippen molar-refractivity contribution >= 4 is 22.8 Å². The summed E-state index contributed by atoms with van der Waals surface area (Å²) in [6, 6.07) is 7.26. The molecule has 0 saturated carbocycles. The van der Waals surface area contributed by atoms with Gasteiger partial charge in [-0.1, -0.05) is 24.3 Å². The maximum absolute atomic E-state index is 11.8. The molecule has 1 aliphatic rings. The molecule has 102 valence electrons. The van der Waals surface area contributed by atoms with Crippen LogP contribution in [0, 0.1) is 0 Å². The Morgan fingerprint density at radius 1 is 1.40 bits per heavy atom. The van der Waals surface area contributed by atoms with Crippen molar-refractivity contribution in [2.24, 2.45) is 0 Å². The number of fused-ring (bicyclic) bond motifs is 3. The molecular formula is C16H14O4. The van der Waals surface area contributed by atoms with Crippen LogP contribution >= 0.6 is 0 Å². The van der Waals surface area contributed by atoms with E-state index in [1.165, 1.54) is 6.92 Å². The van der Waals surface area contributed by atoms with E-state index in [2.05, 4.69) is 0 Å². The van der Waals surface area contributed by atoms with Crippen molar-refractivity contribution < 1.29 is 19.4 Å². The summed E-state index contributed by atoms with van der Waals surface area (Å²) in [5.41, 5.74) is 1.02. The summed E-state index contributed by atoms with van der Waals surface area (Å²) in [5, 5.41) is 11.7. The predicted octanol–water partition coefficient (Wildman–Crippen LogP) is 2.64. The number of rotatable bonds is 3. The number of benzene rings is 2. The highest BCUT2D eigenvalue weighted by molar-refractivity contribution is 6.08. The van der Waals surface area contributed by atoms with Crippen LogP contribution in [0.1, 0.15) is 29.3 Å². The van der Waals surface area contributed by atoms with E-state index >= 15 is 0 Å². The molecule has 1 aliphatic heterocycles. The standard InChI is InChI=1S/C16H14O4/c1-9(18)14-13-8-10(6-7-17)20-16(13)12-5-3-2-4-11(12)15(14)19/h2-5,7,10,19H,6,8H2,1H3. The quantitative estimate of drug-likeness (QED) is 0.688. The van der Waals surface area contributed by atoms with Gasteiger partial charge in [-0.3, -0.25) is 4.79 Å². The zero-order valence-electron chi connectivity index (χ0n) is 11.1. The molecule has 0 spiro atoms. The lowest BCUT2D eigenvalue weighted by Gasteiger charge is -2.12. The number of phenols is 1. The maximum atomic E-state index is 11.8. The minimum absolute atomic E-state index is 0.00204. The largest absolute Gasteiger partial charge is 0.507 e. The van der Waals surface area contributed by atoms with Gasteiger partial charge in [0, 0.05) is 29.2 Å². The van der Waals surface area contributed by atoms with E-state index in [1.807, 2.05) is 12.1 Å². The molecule has 0 aliphatic carbocycles. The van der Waals surface area contributed by atoms with E-state index in [1.54, 1.807) is 12.1 Å². The lowest BCUT2D eigenvalue weighted by molar-refractivity contribution is -0.109. The Morgan fingerprint density at radius 3 is 2.75 bits per heavy atom. The smallest absolute Gasteiger partial charge is 0.163 e. The van der Waals surface area contributed by atoms with Crippen molar-refractivity contribution in [2.45, 2.75) is 25.9 Å². The number of aldehydes is 1. The first-order valence-corrected chi connectivity index (χ1v) is 6.51. The number of aromatic hydroxyl groups is 1. The highest BCUT2D eigenvalue weighted by Crippen LogP contribution is 2.44. The Kier molecular flexibility index (Phi) is 2.93. The fourth-order valence-corrected chi connectivity index (χ4v) is 2.82. The van der Waals surface area contributed by atoms with Gasteiger partial charge in [0.2, 0.25) is 0 Å². The lowest BCUT2D eigenvalue weighted by atomic mass is 9.94. The van der Waals surface area contributed by atoms with Crippen molar-refractivity contribution in [3.05, 3.63) is 35.4 Å². The summed E-state index contributed by atoms with van der Waals surface area (Å²) in [6.45, 7) is 1.43. The second-order valence-corrected chi connectivity index (χ2v) is 4.98. The second kappa shape index (κ2) is 4.63. The van der Waals surface area contributed by atoms with Gasteiger partial charge < -0.3 is 14.6 Å². The number of ketones is 1. The molecule has 1 N–H and O–H groups in total. The van der Waals surface area contributed by atoms with Gasteiger partial charge in [-0.05, 0) is 6.92 Å². The predicted molar refractivity (Wildman–Crippen MR) is 74.4 cm³/mol. The Morgan fingerprint density at radius 2 is 2.10 bits per heavy atom. The Hall–Kier alpha value is -2.36. The van der Waals surface area contributed by atoms with Crippen LogP contribution in [0.4, 0.5) is 0 Å². The summed E-state index contributed by atoms with van der Waals surface area (Å²) in [6.07, 6.45) is 1.31. The summed E-state index contributed by atoms with van der Waals surface area (Å²) in [5.74, 6) is 0.428. The van der Waals surface area contributed by atoms with Gasteiger partial charge in [0.05, 0.1) is 5.56 Å². The molecule has 0 radical (unpaired) electrons. The topological polar surface area (TPSA) is 63.6 Å². The normalized spacial score (nSPS) is 16.8. The lowest BCUT2D eigenvalue weighted by Crippen LogP contribution is -2.13. The monoisotopic (exact) mass is 270 g/mol.